The van der Waals surface area contributed by atoms with Crippen LogP contribution in [0.3, 0.4) is 0 Å². The summed E-state index contributed by atoms with van der Waals surface area (Å²) in [4.78, 5) is 2.56. The molecule has 2 aromatic carbocycles. The van der Waals surface area contributed by atoms with Gasteiger partial charge in [0.05, 0.1) is 0 Å². The zero-order chi connectivity index (χ0) is 15.8. The molecule has 0 unspecified atom stereocenters. The maximum absolute atomic E-state index is 6.27. The van der Waals surface area contributed by atoms with E-state index < -0.39 is 0 Å². The fraction of sp³-hybridized carbons (Fsp3) is 0.300. The van der Waals surface area contributed by atoms with Gasteiger partial charge in [-0.1, -0.05) is 47.5 Å². The Labute approximate surface area is 159 Å². The summed E-state index contributed by atoms with van der Waals surface area (Å²) < 4.78 is 0. The van der Waals surface area contributed by atoms with Crippen LogP contribution < -0.4 is 0 Å². The van der Waals surface area contributed by atoms with Crippen molar-refractivity contribution in [3.8, 4) is 0 Å². The Bertz CT molecular complexity index is 713. The normalized spacial score (nSPS) is 22.2. The second-order valence-electron chi connectivity index (χ2n) is 6.47. The zero-order valence-corrected chi connectivity index (χ0v) is 15.7. The molecule has 0 aromatic heterocycles. The van der Waals surface area contributed by atoms with E-state index in [1.54, 1.807) is 5.57 Å². The van der Waals surface area contributed by atoms with E-state index in [0.29, 0.717) is 5.92 Å². The first-order chi connectivity index (χ1) is 11.2. The quantitative estimate of drug-likeness (QED) is 0.623. The summed E-state index contributed by atoms with van der Waals surface area (Å²) in [6.45, 7) is 3.53. The van der Waals surface area contributed by atoms with E-state index >= 15 is 0 Å². The van der Waals surface area contributed by atoms with Crippen molar-refractivity contribution < 1.29 is 0 Å². The van der Waals surface area contributed by atoms with Crippen LogP contribution >= 0.6 is 35.6 Å². The number of nitrogens with zero attached hydrogens (tertiary/aromatic N) is 1. The van der Waals surface area contributed by atoms with E-state index in [2.05, 4.69) is 29.2 Å². The van der Waals surface area contributed by atoms with Crippen molar-refractivity contribution in [2.45, 2.75) is 12.8 Å². The summed E-state index contributed by atoms with van der Waals surface area (Å²) in [7, 11) is 0. The number of fused-ring (bicyclic) bond motifs is 3. The first-order valence-corrected chi connectivity index (χ1v) is 8.93. The number of piperidine rings is 3. The third kappa shape index (κ3) is 3.50. The second kappa shape index (κ2) is 7.49. The molecule has 3 aliphatic rings. The van der Waals surface area contributed by atoms with E-state index in [4.69, 9.17) is 23.2 Å². The monoisotopic (exact) mass is 379 g/mol. The molecule has 0 N–H and O–H groups in total. The SMILES string of the molecule is Cl.Clc1cccc(C(=C2CN3CCC2CC3)c2cccc(Cl)c2)c1. The van der Waals surface area contributed by atoms with Gasteiger partial charge in [-0.05, 0) is 78.4 Å². The summed E-state index contributed by atoms with van der Waals surface area (Å²) in [6.07, 6.45) is 2.53. The number of benzene rings is 2. The fourth-order valence-electron chi connectivity index (χ4n) is 3.92. The molecule has 4 heteroatoms. The van der Waals surface area contributed by atoms with Gasteiger partial charge in [-0.3, -0.25) is 4.90 Å². The lowest BCUT2D eigenvalue weighted by Crippen LogP contribution is -2.43. The molecule has 0 aliphatic carbocycles. The van der Waals surface area contributed by atoms with Crippen LogP contribution in [0.15, 0.2) is 54.1 Å². The van der Waals surface area contributed by atoms with E-state index in [0.717, 1.165) is 16.6 Å². The minimum atomic E-state index is 0. The fourth-order valence-corrected chi connectivity index (χ4v) is 4.30. The predicted octanol–water partition coefficient (Wildman–Crippen LogP) is 5.94. The molecule has 2 bridgehead atoms. The largest absolute Gasteiger partial charge is 0.299 e. The molecule has 5 rings (SSSR count). The number of halogens is 3. The third-order valence-corrected chi connectivity index (χ3v) is 5.49. The number of hydrogen-bond acceptors (Lipinski definition) is 1. The van der Waals surface area contributed by atoms with E-state index in [1.807, 2.05) is 24.3 Å². The van der Waals surface area contributed by atoms with Crippen LogP contribution in [0.1, 0.15) is 24.0 Å². The number of hydrogen-bond donors (Lipinski definition) is 0. The summed E-state index contributed by atoms with van der Waals surface area (Å²) in [5.74, 6) is 0.688. The molecule has 0 saturated carbocycles. The van der Waals surface area contributed by atoms with Gasteiger partial charge in [0.2, 0.25) is 0 Å². The van der Waals surface area contributed by atoms with Gasteiger partial charge in [0.15, 0.2) is 0 Å². The molecular weight excluding hydrogens is 361 g/mol. The molecule has 0 spiro atoms. The Morgan fingerprint density at radius 3 is 1.83 bits per heavy atom. The Hall–Kier alpha value is -0.990. The zero-order valence-electron chi connectivity index (χ0n) is 13.3. The molecule has 3 fully saturated rings. The molecular formula is C20H20Cl3N. The highest BCUT2D eigenvalue weighted by Crippen LogP contribution is 2.40. The minimum absolute atomic E-state index is 0. The van der Waals surface area contributed by atoms with Crippen molar-refractivity contribution in [1.29, 1.82) is 0 Å². The summed E-state index contributed by atoms with van der Waals surface area (Å²) in [5, 5.41) is 1.56. The predicted molar refractivity (Wildman–Crippen MR) is 105 cm³/mol. The molecule has 0 radical (unpaired) electrons. The maximum Gasteiger partial charge on any atom is 0.0412 e. The Balaban J connectivity index is 0.00000169. The Morgan fingerprint density at radius 2 is 1.42 bits per heavy atom. The van der Waals surface area contributed by atoms with E-state index in [1.165, 1.54) is 42.6 Å². The van der Waals surface area contributed by atoms with Gasteiger partial charge in [0.1, 0.15) is 0 Å². The van der Waals surface area contributed by atoms with Gasteiger partial charge < -0.3 is 0 Å². The third-order valence-electron chi connectivity index (χ3n) is 5.02. The first kappa shape index (κ1) is 17.8. The highest BCUT2D eigenvalue weighted by atomic mass is 35.5. The van der Waals surface area contributed by atoms with Crippen LogP contribution in [-0.4, -0.2) is 24.5 Å². The van der Waals surface area contributed by atoms with Crippen LogP contribution in [0.25, 0.3) is 5.57 Å². The van der Waals surface area contributed by atoms with Gasteiger partial charge in [-0.15, -0.1) is 12.4 Å². The highest BCUT2D eigenvalue weighted by molar-refractivity contribution is 6.31. The van der Waals surface area contributed by atoms with Crippen LogP contribution in [0.5, 0.6) is 0 Å². The van der Waals surface area contributed by atoms with Crippen molar-refractivity contribution in [2.75, 3.05) is 19.6 Å². The van der Waals surface area contributed by atoms with Crippen molar-refractivity contribution in [3.05, 3.63) is 75.3 Å². The summed E-state index contributed by atoms with van der Waals surface area (Å²) >= 11 is 12.5. The highest BCUT2D eigenvalue weighted by Gasteiger charge is 2.32. The van der Waals surface area contributed by atoms with Crippen LogP contribution in [-0.2, 0) is 0 Å². The van der Waals surface area contributed by atoms with Crippen molar-refractivity contribution in [1.82, 2.24) is 4.90 Å². The lowest BCUT2D eigenvalue weighted by molar-refractivity contribution is 0.162. The maximum atomic E-state index is 6.27. The van der Waals surface area contributed by atoms with Crippen LogP contribution in [0.4, 0.5) is 0 Å². The second-order valence-corrected chi connectivity index (χ2v) is 7.34. The molecule has 1 nitrogen and oxygen atoms in total. The van der Waals surface area contributed by atoms with E-state index in [9.17, 15) is 0 Å². The average molecular weight is 381 g/mol. The molecule has 3 saturated heterocycles. The van der Waals surface area contributed by atoms with Crippen LogP contribution in [0.2, 0.25) is 10.0 Å². The van der Waals surface area contributed by atoms with Gasteiger partial charge in [0.25, 0.3) is 0 Å². The molecule has 24 heavy (non-hydrogen) atoms. The lowest BCUT2D eigenvalue weighted by Gasteiger charge is -2.42. The Morgan fingerprint density at radius 1 is 0.875 bits per heavy atom. The van der Waals surface area contributed by atoms with E-state index in [-0.39, 0.29) is 12.4 Å². The summed E-state index contributed by atoms with van der Waals surface area (Å²) in [5.41, 5.74) is 5.27. The van der Waals surface area contributed by atoms with Gasteiger partial charge >= 0.3 is 0 Å². The standard InChI is InChI=1S/C20H19Cl2N.ClH/c21-17-5-1-3-15(11-17)20(16-4-2-6-18(22)12-16)19-13-23-9-7-14(19)8-10-23;/h1-6,11-12,14H,7-10,13H2;1H. The minimum Gasteiger partial charge on any atom is -0.299 e. The lowest BCUT2D eigenvalue weighted by atomic mass is 9.78. The summed E-state index contributed by atoms with van der Waals surface area (Å²) in [6, 6.07) is 16.4. The molecule has 3 heterocycles. The smallest absolute Gasteiger partial charge is 0.0412 e. The first-order valence-electron chi connectivity index (χ1n) is 8.18. The molecule has 0 atom stereocenters. The van der Waals surface area contributed by atoms with Gasteiger partial charge in [-0.2, -0.15) is 0 Å². The van der Waals surface area contributed by atoms with Gasteiger partial charge in [0, 0.05) is 16.6 Å². The molecule has 2 aromatic rings. The Kier molecular flexibility index (Phi) is 5.56. The average Bonchev–Trinajstić information content (AvgIpc) is 2.56. The van der Waals surface area contributed by atoms with Crippen molar-refractivity contribution >= 4 is 41.2 Å². The van der Waals surface area contributed by atoms with Crippen molar-refractivity contribution in [3.63, 3.8) is 0 Å². The number of rotatable bonds is 2. The topological polar surface area (TPSA) is 3.24 Å². The molecule has 126 valence electrons. The van der Waals surface area contributed by atoms with Crippen LogP contribution in [0, 0.1) is 5.92 Å². The van der Waals surface area contributed by atoms with Gasteiger partial charge in [-0.25, -0.2) is 0 Å². The van der Waals surface area contributed by atoms with Crippen molar-refractivity contribution in [2.24, 2.45) is 5.92 Å². The molecule has 3 aliphatic heterocycles. The molecule has 0 amide bonds.